The van der Waals surface area contributed by atoms with E-state index in [0.29, 0.717) is 5.41 Å². The molecule has 1 nitrogen and oxygen atoms in total. The minimum atomic E-state index is 0.319. The van der Waals surface area contributed by atoms with Crippen molar-refractivity contribution in [2.24, 2.45) is 5.41 Å². The van der Waals surface area contributed by atoms with E-state index in [1.807, 2.05) is 0 Å². The predicted molar refractivity (Wildman–Crippen MR) is 111 cm³/mol. The van der Waals surface area contributed by atoms with E-state index in [0.717, 1.165) is 0 Å². The molecule has 0 bridgehead atoms. The summed E-state index contributed by atoms with van der Waals surface area (Å²) in [6.07, 6.45) is 22.2. The third-order valence-corrected chi connectivity index (χ3v) is 5.46. The van der Waals surface area contributed by atoms with E-state index in [1.165, 1.54) is 61.9 Å². The molecule has 0 aromatic rings. The summed E-state index contributed by atoms with van der Waals surface area (Å²) in [6, 6.07) is 0. The summed E-state index contributed by atoms with van der Waals surface area (Å²) in [5, 5.41) is 0. The van der Waals surface area contributed by atoms with Gasteiger partial charge < -0.3 is 0 Å². The Balaban J connectivity index is 1.96. The lowest BCUT2D eigenvalue weighted by molar-refractivity contribution is -0.500. The number of nitrogens with zero attached hydrogens (tertiary/aromatic N) is 1. The molecule has 0 N–H and O–H groups in total. The number of hydrogen-bond acceptors (Lipinski definition) is 0. The summed E-state index contributed by atoms with van der Waals surface area (Å²) in [6.45, 7) is 13.8. The molecular weight excluding hydrogens is 302 g/mol. The molecule has 25 heavy (non-hydrogen) atoms. The first-order valence-electron chi connectivity index (χ1n) is 9.87. The van der Waals surface area contributed by atoms with Crippen LogP contribution in [0.5, 0.6) is 0 Å². The molecule has 1 saturated heterocycles. The minimum absolute atomic E-state index is 0.319. The Morgan fingerprint density at radius 2 is 1.64 bits per heavy atom. The normalized spacial score (nSPS) is 22.5. The van der Waals surface area contributed by atoms with Gasteiger partial charge in [-0.2, -0.15) is 0 Å². The van der Waals surface area contributed by atoms with E-state index >= 15 is 0 Å². The second-order valence-corrected chi connectivity index (χ2v) is 8.34. The van der Waals surface area contributed by atoms with Crippen LogP contribution in [0.15, 0.2) is 58.7 Å². The molecule has 0 atom stereocenters. The Kier molecular flexibility index (Phi) is 7.23. The molecule has 1 heteroatoms. The highest BCUT2D eigenvalue weighted by Gasteiger charge is 2.26. The van der Waals surface area contributed by atoms with Crippen molar-refractivity contribution in [2.75, 3.05) is 13.1 Å². The van der Waals surface area contributed by atoms with Crippen LogP contribution >= 0.6 is 0 Å². The van der Waals surface area contributed by atoms with Crippen molar-refractivity contribution in [3.63, 3.8) is 0 Å². The van der Waals surface area contributed by atoms with Gasteiger partial charge in [-0.1, -0.05) is 55.4 Å². The van der Waals surface area contributed by atoms with Crippen LogP contribution < -0.4 is 0 Å². The van der Waals surface area contributed by atoms with Crippen LogP contribution in [0, 0.1) is 5.41 Å². The lowest BCUT2D eigenvalue weighted by Crippen LogP contribution is -2.19. The number of hydrogen-bond donors (Lipinski definition) is 0. The zero-order valence-corrected chi connectivity index (χ0v) is 16.9. The lowest BCUT2D eigenvalue weighted by atomic mass is 9.72. The maximum Gasteiger partial charge on any atom is 0.163 e. The Morgan fingerprint density at radius 1 is 0.960 bits per heavy atom. The molecule has 1 fully saturated rings. The zero-order valence-electron chi connectivity index (χ0n) is 16.9. The lowest BCUT2D eigenvalue weighted by Gasteiger charge is -2.32. The molecule has 2 rings (SSSR count). The number of allylic oxidation sites excluding steroid dienone is 10. The zero-order chi connectivity index (χ0) is 18.3. The molecule has 0 amide bonds. The molecule has 0 aromatic carbocycles. The van der Waals surface area contributed by atoms with Crippen molar-refractivity contribution in [3.05, 3.63) is 58.7 Å². The summed E-state index contributed by atoms with van der Waals surface area (Å²) in [4.78, 5) is 0. The largest absolute Gasteiger partial charge is 0.236 e. The molecule has 0 spiro atoms. The minimum Gasteiger partial charge on any atom is -0.236 e. The molecule has 1 heterocycles. The van der Waals surface area contributed by atoms with Crippen molar-refractivity contribution in [3.8, 4) is 0 Å². The van der Waals surface area contributed by atoms with Gasteiger partial charge in [-0.15, -0.1) is 0 Å². The Bertz CT molecular complexity index is 640. The van der Waals surface area contributed by atoms with Crippen LogP contribution in [0.2, 0.25) is 0 Å². The third kappa shape index (κ3) is 6.30. The SMILES string of the molecule is CC1=C(/C=C/C(C)=C/C=C/C(C)=C/C=[N+]2CCCC2)C(C)(C)CCC1. The summed E-state index contributed by atoms with van der Waals surface area (Å²) < 4.78 is 2.41. The van der Waals surface area contributed by atoms with Crippen LogP contribution in [0.25, 0.3) is 0 Å². The molecule has 0 radical (unpaired) electrons. The van der Waals surface area contributed by atoms with Crippen LogP contribution in [0.4, 0.5) is 0 Å². The molecule has 0 aromatic heterocycles. The smallest absolute Gasteiger partial charge is 0.163 e. The Morgan fingerprint density at radius 3 is 2.32 bits per heavy atom. The fourth-order valence-electron chi connectivity index (χ4n) is 3.80. The molecule has 136 valence electrons. The molecular formula is C24H36N+. The predicted octanol–water partition coefficient (Wildman–Crippen LogP) is 6.40. The highest BCUT2D eigenvalue weighted by molar-refractivity contribution is 5.68. The van der Waals surface area contributed by atoms with Crippen LogP contribution in [-0.2, 0) is 0 Å². The highest BCUT2D eigenvalue weighted by atomic mass is 15.0. The molecule has 2 aliphatic rings. The van der Waals surface area contributed by atoms with Gasteiger partial charge in [0, 0.05) is 18.9 Å². The van der Waals surface area contributed by atoms with Crippen LogP contribution in [-0.4, -0.2) is 23.9 Å². The standard InChI is InChI=1S/C24H36N/c1-20(13-14-23-22(3)12-9-16-24(23,4)5)10-8-11-21(2)15-19-25-17-6-7-18-25/h8,10-11,13-15,19H,6-7,9,12,16-18H2,1-5H3/q+1/b11-8+,14-13+,20-10+,21-15+. The first kappa shape index (κ1) is 19.7. The second-order valence-electron chi connectivity index (χ2n) is 8.34. The van der Waals surface area contributed by atoms with E-state index in [-0.39, 0.29) is 0 Å². The van der Waals surface area contributed by atoms with Gasteiger partial charge in [-0.25, -0.2) is 4.58 Å². The van der Waals surface area contributed by atoms with E-state index in [2.05, 4.69) is 81.9 Å². The van der Waals surface area contributed by atoms with Crippen LogP contribution in [0.1, 0.15) is 66.7 Å². The summed E-state index contributed by atoms with van der Waals surface area (Å²) >= 11 is 0. The molecule has 0 saturated carbocycles. The van der Waals surface area contributed by atoms with Crippen molar-refractivity contribution >= 4 is 6.21 Å². The van der Waals surface area contributed by atoms with E-state index in [1.54, 1.807) is 5.57 Å². The van der Waals surface area contributed by atoms with Gasteiger partial charge in [0.15, 0.2) is 6.21 Å². The van der Waals surface area contributed by atoms with E-state index in [4.69, 9.17) is 0 Å². The van der Waals surface area contributed by atoms with Gasteiger partial charge in [0.1, 0.15) is 13.1 Å². The third-order valence-electron chi connectivity index (χ3n) is 5.46. The van der Waals surface area contributed by atoms with Crippen molar-refractivity contribution in [1.29, 1.82) is 0 Å². The quantitative estimate of drug-likeness (QED) is 0.403. The monoisotopic (exact) mass is 338 g/mol. The molecule has 0 unspecified atom stereocenters. The van der Waals surface area contributed by atoms with Gasteiger partial charge in [0.2, 0.25) is 0 Å². The second kappa shape index (κ2) is 9.17. The number of rotatable bonds is 5. The first-order chi connectivity index (χ1) is 11.9. The van der Waals surface area contributed by atoms with Gasteiger partial charge in [-0.05, 0) is 56.6 Å². The van der Waals surface area contributed by atoms with Gasteiger partial charge in [0.25, 0.3) is 0 Å². The van der Waals surface area contributed by atoms with E-state index in [9.17, 15) is 0 Å². The Labute approximate surface area is 155 Å². The van der Waals surface area contributed by atoms with E-state index < -0.39 is 0 Å². The van der Waals surface area contributed by atoms with Crippen molar-refractivity contribution in [1.82, 2.24) is 0 Å². The van der Waals surface area contributed by atoms with Crippen molar-refractivity contribution < 1.29 is 4.58 Å². The first-order valence-corrected chi connectivity index (χ1v) is 9.87. The topological polar surface area (TPSA) is 3.01 Å². The molecule has 1 aliphatic carbocycles. The van der Waals surface area contributed by atoms with Gasteiger partial charge >= 0.3 is 0 Å². The summed E-state index contributed by atoms with van der Waals surface area (Å²) in [5.41, 5.74) is 6.01. The maximum absolute atomic E-state index is 2.41. The highest BCUT2D eigenvalue weighted by Crippen LogP contribution is 2.40. The van der Waals surface area contributed by atoms with Gasteiger partial charge in [0.05, 0.1) is 0 Å². The fraction of sp³-hybridized carbons (Fsp3) is 0.542. The fourth-order valence-corrected chi connectivity index (χ4v) is 3.80. The molecule has 1 aliphatic heterocycles. The Hall–Kier alpha value is -1.63. The average Bonchev–Trinajstić information content (AvgIpc) is 3.05. The van der Waals surface area contributed by atoms with Crippen LogP contribution in [0.3, 0.4) is 0 Å². The van der Waals surface area contributed by atoms with Crippen molar-refractivity contribution in [2.45, 2.75) is 66.7 Å². The van der Waals surface area contributed by atoms with Gasteiger partial charge in [-0.3, -0.25) is 0 Å². The maximum atomic E-state index is 2.41. The average molecular weight is 339 g/mol. The summed E-state index contributed by atoms with van der Waals surface area (Å²) in [7, 11) is 0. The summed E-state index contributed by atoms with van der Waals surface area (Å²) in [5.74, 6) is 0.